The average Bonchev–Trinajstić information content (AvgIpc) is 2.34. The van der Waals surface area contributed by atoms with Crippen LogP contribution in [-0.4, -0.2) is 19.6 Å². The van der Waals surface area contributed by atoms with Gasteiger partial charge in [-0.3, -0.25) is 0 Å². The first-order valence-corrected chi connectivity index (χ1v) is 11.3. The number of allylic oxidation sites excluding steroid dienone is 2. The molecule has 0 atom stereocenters. The maximum absolute atomic E-state index is 4.94. The van der Waals surface area contributed by atoms with Crippen LogP contribution in [0.15, 0.2) is 24.4 Å². The van der Waals surface area contributed by atoms with Crippen molar-refractivity contribution in [1.29, 1.82) is 0 Å². The van der Waals surface area contributed by atoms with E-state index >= 15 is 0 Å². The predicted octanol–water partition coefficient (Wildman–Crippen LogP) is 5.05. The maximum atomic E-state index is 4.94. The Balaban J connectivity index is 0.000000217. The summed E-state index contributed by atoms with van der Waals surface area (Å²) in [6.07, 6.45) is 11.8. The molecule has 0 aliphatic carbocycles. The Bertz CT molecular complexity index is 168. The van der Waals surface area contributed by atoms with E-state index in [9.17, 15) is 0 Å². The molecule has 0 aromatic rings. The number of hydrogen-bond donors (Lipinski definition) is 0. The van der Waals surface area contributed by atoms with Crippen LogP contribution in [0.4, 0.5) is 0 Å². The van der Waals surface area contributed by atoms with Crippen molar-refractivity contribution in [2.75, 3.05) is 19.6 Å². The standard InChI is InChI=1S/C5H10N.C5H6N.3ClH.Rh/c2*1-2-4-6-5-3-1;;;;/h1-5H2;1-4H,5H2;3*1H;/q2*-1;;;;+3/p-3. The number of halogens is 3. The fourth-order valence-corrected chi connectivity index (χ4v) is 1.11. The Morgan fingerprint density at radius 2 is 1.56 bits per heavy atom. The van der Waals surface area contributed by atoms with Crippen molar-refractivity contribution in [1.82, 2.24) is 0 Å². The van der Waals surface area contributed by atoms with Gasteiger partial charge >= 0.3 is 42.1 Å². The number of nitrogens with zero attached hydrogens (tertiary/aromatic N) is 2. The third kappa shape index (κ3) is 17.1. The third-order valence-corrected chi connectivity index (χ3v) is 1.78. The van der Waals surface area contributed by atoms with Crippen molar-refractivity contribution in [2.45, 2.75) is 19.3 Å². The molecule has 2 rings (SSSR count). The van der Waals surface area contributed by atoms with Gasteiger partial charge in [-0.25, -0.2) is 0 Å². The predicted molar refractivity (Wildman–Crippen MR) is 71.0 cm³/mol. The van der Waals surface area contributed by atoms with Crippen LogP contribution in [0.25, 0.3) is 10.6 Å². The number of rotatable bonds is 0. The van der Waals surface area contributed by atoms with Gasteiger partial charge in [-0.2, -0.15) is 6.20 Å². The molecule has 2 aliphatic heterocycles. The molecule has 0 spiro atoms. The molecule has 0 N–H and O–H groups in total. The average molecular weight is 374 g/mol. The van der Waals surface area contributed by atoms with E-state index < -0.39 is 13.0 Å². The van der Waals surface area contributed by atoms with Crippen molar-refractivity contribution >= 4 is 29.1 Å². The van der Waals surface area contributed by atoms with E-state index in [1.165, 1.54) is 19.3 Å². The van der Waals surface area contributed by atoms with E-state index in [4.69, 9.17) is 29.1 Å². The minimum atomic E-state index is -1.66. The molecule has 1 saturated heterocycles. The number of hydrogen-bond acceptors (Lipinski definition) is 0. The summed E-state index contributed by atoms with van der Waals surface area (Å²) < 4.78 is 0. The van der Waals surface area contributed by atoms with Crippen LogP contribution in [0.5, 0.6) is 0 Å². The summed E-state index contributed by atoms with van der Waals surface area (Å²) in [5, 5.41) is 8.09. The molecule has 2 aliphatic rings. The minimum absolute atomic E-state index is 0.858. The summed E-state index contributed by atoms with van der Waals surface area (Å²) in [6, 6.07) is 0. The molecule has 0 aromatic heterocycles. The second kappa shape index (κ2) is 13.8. The van der Waals surface area contributed by atoms with Crippen LogP contribution < -0.4 is 0 Å². The molecule has 6 heteroatoms. The molecule has 98 valence electrons. The van der Waals surface area contributed by atoms with Crippen LogP contribution in [0, 0.1) is 0 Å². The van der Waals surface area contributed by atoms with E-state index in [0.717, 1.165) is 19.6 Å². The van der Waals surface area contributed by atoms with Crippen LogP contribution in [0.2, 0.25) is 0 Å². The molecule has 0 radical (unpaired) electrons. The van der Waals surface area contributed by atoms with Gasteiger partial charge in [0.2, 0.25) is 0 Å². The zero-order chi connectivity index (χ0) is 12.1. The molecule has 2 nitrogen and oxygen atoms in total. The Morgan fingerprint density at radius 3 is 1.69 bits per heavy atom. The Morgan fingerprint density at radius 1 is 0.938 bits per heavy atom. The van der Waals surface area contributed by atoms with Gasteiger partial charge in [0.25, 0.3) is 0 Å². The second-order valence-electron chi connectivity index (χ2n) is 3.01. The van der Waals surface area contributed by atoms with Gasteiger partial charge in [0, 0.05) is 0 Å². The van der Waals surface area contributed by atoms with Crippen molar-refractivity contribution in [3.05, 3.63) is 35.1 Å². The first-order chi connectivity index (χ1) is 7.73. The molecule has 0 amide bonds. The van der Waals surface area contributed by atoms with Crippen LogP contribution in [0.1, 0.15) is 19.3 Å². The molecule has 0 saturated carbocycles. The zero-order valence-corrected chi connectivity index (χ0v) is 12.8. The van der Waals surface area contributed by atoms with Gasteiger partial charge < -0.3 is 10.6 Å². The fraction of sp³-hybridized carbons (Fsp3) is 0.600. The normalized spacial score (nSPS) is 18.3. The molecule has 16 heavy (non-hydrogen) atoms. The molecule has 2 heterocycles. The zero-order valence-electron chi connectivity index (χ0n) is 8.91. The van der Waals surface area contributed by atoms with Gasteiger partial charge in [-0.15, -0.1) is 25.7 Å². The summed E-state index contributed by atoms with van der Waals surface area (Å²) in [5.74, 6) is 0. The van der Waals surface area contributed by atoms with Gasteiger partial charge in [-0.1, -0.05) is 31.4 Å². The van der Waals surface area contributed by atoms with Crippen LogP contribution in [0.3, 0.4) is 0 Å². The van der Waals surface area contributed by atoms with Gasteiger partial charge in [0.1, 0.15) is 0 Å². The van der Waals surface area contributed by atoms with Crippen LogP contribution >= 0.6 is 29.1 Å². The SMILES string of the molecule is C1=CC[N-]C=C1.C1CC[N-]CC1.[Cl][Rh]([Cl])[Cl]. The summed E-state index contributed by atoms with van der Waals surface area (Å²) in [4.78, 5) is 0. The monoisotopic (exact) mass is 372 g/mol. The first kappa shape index (κ1) is 16.7. The molecule has 0 unspecified atom stereocenters. The summed E-state index contributed by atoms with van der Waals surface area (Å²) in [5.41, 5.74) is 0. The first-order valence-electron chi connectivity index (χ1n) is 4.99. The van der Waals surface area contributed by atoms with E-state index in [-0.39, 0.29) is 0 Å². The molecule has 1 fully saturated rings. The summed E-state index contributed by atoms with van der Waals surface area (Å²) in [6.45, 7) is 3.11. The molecule has 0 aromatic carbocycles. The third-order valence-electron chi connectivity index (χ3n) is 1.78. The van der Waals surface area contributed by atoms with Crippen LogP contribution in [-0.2, 0) is 13.0 Å². The Kier molecular flexibility index (Phi) is 14.4. The van der Waals surface area contributed by atoms with Crippen molar-refractivity contribution in [3.8, 4) is 0 Å². The van der Waals surface area contributed by atoms with Crippen molar-refractivity contribution in [2.24, 2.45) is 0 Å². The van der Waals surface area contributed by atoms with Crippen molar-refractivity contribution in [3.63, 3.8) is 0 Å². The van der Waals surface area contributed by atoms with E-state index in [0.29, 0.717) is 0 Å². The van der Waals surface area contributed by atoms with E-state index in [2.05, 4.69) is 10.6 Å². The van der Waals surface area contributed by atoms with Gasteiger partial charge in [0.15, 0.2) is 0 Å². The second-order valence-corrected chi connectivity index (χ2v) is 10.5. The molecule has 0 bridgehead atoms. The summed E-state index contributed by atoms with van der Waals surface area (Å²) >= 11 is -1.66. The quantitative estimate of drug-likeness (QED) is 0.532. The summed E-state index contributed by atoms with van der Waals surface area (Å²) in [7, 11) is 14.8. The van der Waals surface area contributed by atoms with Crippen molar-refractivity contribution < 1.29 is 13.0 Å². The van der Waals surface area contributed by atoms with E-state index in [1.54, 1.807) is 6.20 Å². The number of piperidine rings is 1. The molecular formula is C10H16Cl3N2Rh-2. The van der Waals surface area contributed by atoms with E-state index in [1.807, 2.05) is 18.2 Å². The van der Waals surface area contributed by atoms with Gasteiger partial charge in [0.05, 0.1) is 0 Å². The fourth-order valence-electron chi connectivity index (χ4n) is 1.11. The molecular weight excluding hydrogens is 357 g/mol. The van der Waals surface area contributed by atoms with Gasteiger partial charge in [-0.05, 0) is 0 Å². The Hall–Kier alpha value is 0.733. The topological polar surface area (TPSA) is 28.2 Å². The Labute approximate surface area is 115 Å².